The molecule has 1 rings (SSSR count). The lowest BCUT2D eigenvalue weighted by atomic mass is 10.5. The van der Waals surface area contributed by atoms with Crippen molar-refractivity contribution in [1.29, 1.82) is 0 Å². The number of rotatable bonds is 2. The summed E-state index contributed by atoms with van der Waals surface area (Å²) in [5.74, 6) is 0.724. The largest absolute Gasteiger partial charge is 0.530 e. The summed E-state index contributed by atoms with van der Waals surface area (Å²) in [5.41, 5.74) is 1.04. The molecule has 0 radical (unpaired) electrons. The summed E-state index contributed by atoms with van der Waals surface area (Å²) >= 11 is 0. The van der Waals surface area contributed by atoms with Crippen LogP contribution in [0, 0.1) is 6.92 Å². The van der Waals surface area contributed by atoms with E-state index in [0.717, 1.165) is 11.6 Å². The van der Waals surface area contributed by atoms with Crippen LogP contribution in [-0.2, 0) is 0 Å². The number of aromatic nitrogens is 2. The molecule has 0 spiro atoms. The van der Waals surface area contributed by atoms with Gasteiger partial charge in [0.2, 0.25) is 14.2 Å². The predicted octanol–water partition coefficient (Wildman–Crippen LogP) is 1.93. The topological polar surface area (TPSA) is 37.9 Å². The van der Waals surface area contributed by atoms with Gasteiger partial charge in [0, 0.05) is 11.8 Å². The second-order valence-corrected chi connectivity index (χ2v) is 8.03. The highest BCUT2D eigenvalue weighted by molar-refractivity contribution is 6.70. The summed E-state index contributed by atoms with van der Waals surface area (Å²) in [6.45, 7) is 8.37. The van der Waals surface area contributed by atoms with Crippen LogP contribution in [0.25, 0.3) is 0 Å². The molecule has 0 saturated carbocycles. The summed E-state index contributed by atoms with van der Waals surface area (Å²) in [4.78, 5) is 0. The second kappa shape index (κ2) is 2.69. The first-order valence-electron chi connectivity index (χ1n) is 3.68. The van der Waals surface area contributed by atoms with Gasteiger partial charge in [-0.25, -0.2) is 0 Å². The monoisotopic (exact) mass is 170 g/mol. The molecule has 0 unspecified atom stereocenters. The van der Waals surface area contributed by atoms with Crippen molar-refractivity contribution in [3.05, 3.63) is 11.8 Å². The fraction of sp³-hybridized carbons (Fsp3) is 0.571. The van der Waals surface area contributed by atoms with Crippen molar-refractivity contribution in [3.8, 4) is 5.88 Å². The van der Waals surface area contributed by atoms with Crippen LogP contribution in [0.5, 0.6) is 5.88 Å². The van der Waals surface area contributed by atoms with Crippen LogP contribution in [0.3, 0.4) is 0 Å². The molecule has 62 valence electrons. The third-order valence-electron chi connectivity index (χ3n) is 1.09. The molecule has 0 aromatic carbocycles. The number of hydrogen-bond acceptors (Lipinski definition) is 2. The lowest BCUT2D eigenvalue weighted by Gasteiger charge is -2.15. The lowest BCUT2D eigenvalue weighted by molar-refractivity contribution is 0.532. The number of aromatic amines is 1. The minimum absolute atomic E-state index is 0.724. The molecule has 1 N–H and O–H groups in total. The van der Waals surface area contributed by atoms with E-state index in [4.69, 9.17) is 4.43 Å². The van der Waals surface area contributed by atoms with E-state index in [2.05, 4.69) is 29.8 Å². The van der Waals surface area contributed by atoms with Gasteiger partial charge in [0.1, 0.15) is 0 Å². The molecule has 1 aromatic heterocycles. The Bertz CT molecular complexity index is 239. The fourth-order valence-corrected chi connectivity index (χ4v) is 1.49. The minimum Gasteiger partial charge on any atom is -0.530 e. The molecule has 0 aliphatic carbocycles. The van der Waals surface area contributed by atoms with Crippen molar-refractivity contribution < 1.29 is 4.43 Å². The van der Waals surface area contributed by atoms with Crippen molar-refractivity contribution in [2.45, 2.75) is 26.6 Å². The number of nitrogens with zero attached hydrogens (tertiary/aromatic N) is 1. The number of nitrogens with one attached hydrogen (secondary N) is 1. The maximum absolute atomic E-state index is 5.62. The van der Waals surface area contributed by atoms with Gasteiger partial charge in [-0.3, -0.25) is 5.10 Å². The number of aryl methyl sites for hydroxylation is 1. The van der Waals surface area contributed by atoms with Gasteiger partial charge in [0.05, 0.1) is 0 Å². The molecule has 11 heavy (non-hydrogen) atoms. The first-order chi connectivity index (χ1) is 4.97. The molecule has 0 amide bonds. The standard InChI is InChI=1S/C7H14N2OSi/c1-6-5-7(9-8-6)10-11(2,3)4/h5H,1-4H3,(H,8,9). The van der Waals surface area contributed by atoms with Crippen LogP contribution in [0.4, 0.5) is 0 Å². The van der Waals surface area contributed by atoms with Crippen molar-refractivity contribution in [1.82, 2.24) is 10.2 Å². The molecule has 3 nitrogen and oxygen atoms in total. The quantitative estimate of drug-likeness (QED) is 0.689. The van der Waals surface area contributed by atoms with E-state index >= 15 is 0 Å². The molecule has 4 heteroatoms. The van der Waals surface area contributed by atoms with E-state index in [1.807, 2.05) is 13.0 Å². The summed E-state index contributed by atoms with van der Waals surface area (Å²) in [6.07, 6.45) is 0. The van der Waals surface area contributed by atoms with E-state index in [1.54, 1.807) is 0 Å². The first kappa shape index (κ1) is 8.32. The van der Waals surface area contributed by atoms with E-state index in [-0.39, 0.29) is 0 Å². The number of H-pyrrole nitrogens is 1. The molecule has 0 saturated heterocycles. The normalized spacial score (nSPS) is 11.6. The van der Waals surface area contributed by atoms with Gasteiger partial charge in [0.25, 0.3) is 0 Å². The molecular weight excluding hydrogens is 156 g/mol. The van der Waals surface area contributed by atoms with Gasteiger partial charge in [0.15, 0.2) is 0 Å². The van der Waals surface area contributed by atoms with Crippen molar-refractivity contribution in [2.24, 2.45) is 0 Å². The van der Waals surface area contributed by atoms with E-state index < -0.39 is 8.32 Å². The Balaban J connectivity index is 2.65. The van der Waals surface area contributed by atoms with Crippen molar-refractivity contribution in [3.63, 3.8) is 0 Å². The Kier molecular flexibility index (Phi) is 2.04. The molecule has 1 aromatic rings. The highest BCUT2D eigenvalue weighted by Crippen LogP contribution is 2.12. The van der Waals surface area contributed by atoms with Crippen molar-refractivity contribution >= 4 is 8.32 Å². The minimum atomic E-state index is -1.47. The summed E-state index contributed by atoms with van der Waals surface area (Å²) in [7, 11) is -1.47. The van der Waals surface area contributed by atoms with Crippen LogP contribution in [-0.4, -0.2) is 18.5 Å². The average molecular weight is 170 g/mol. The van der Waals surface area contributed by atoms with Gasteiger partial charge in [-0.2, -0.15) is 0 Å². The fourth-order valence-electron chi connectivity index (χ4n) is 0.759. The molecule has 0 bridgehead atoms. The zero-order valence-corrected chi connectivity index (χ0v) is 8.43. The zero-order valence-electron chi connectivity index (χ0n) is 7.43. The highest BCUT2D eigenvalue weighted by atomic mass is 28.4. The molecule has 1 heterocycles. The Morgan fingerprint density at radius 2 is 2.09 bits per heavy atom. The van der Waals surface area contributed by atoms with E-state index in [1.165, 1.54) is 0 Å². The van der Waals surface area contributed by atoms with Gasteiger partial charge in [-0.05, 0) is 26.6 Å². The van der Waals surface area contributed by atoms with Crippen LogP contribution in [0.15, 0.2) is 6.07 Å². The van der Waals surface area contributed by atoms with Gasteiger partial charge >= 0.3 is 0 Å². The van der Waals surface area contributed by atoms with E-state index in [9.17, 15) is 0 Å². The Hall–Kier alpha value is -0.773. The lowest BCUT2D eigenvalue weighted by Crippen LogP contribution is -2.29. The average Bonchev–Trinajstić information content (AvgIpc) is 2.10. The molecule has 0 aliphatic heterocycles. The summed E-state index contributed by atoms with van der Waals surface area (Å²) < 4.78 is 5.62. The van der Waals surface area contributed by atoms with Crippen LogP contribution in [0.1, 0.15) is 5.69 Å². The summed E-state index contributed by atoms with van der Waals surface area (Å²) in [6, 6.07) is 1.91. The first-order valence-corrected chi connectivity index (χ1v) is 7.09. The van der Waals surface area contributed by atoms with Gasteiger partial charge in [-0.1, -0.05) is 0 Å². The Morgan fingerprint density at radius 1 is 1.45 bits per heavy atom. The van der Waals surface area contributed by atoms with Crippen molar-refractivity contribution in [2.75, 3.05) is 0 Å². The number of hydrogen-bond donors (Lipinski definition) is 1. The SMILES string of the molecule is Cc1cc(O[Si](C)(C)C)n[nH]1. The molecule has 0 fully saturated rings. The third-order valence-corrected chi connectivity index (χ3v) is 1.91. The molecule has 0 aliphatic rings. The smallest absolute Gasteiger partial charge is 0.244 e. The van der Waals surface area contributed by atoms with E-state index in [0.29, 0.717) is 0 Å². The maximum Gasteiger partial charge on any atom is 0.244 e. The Morgan fingerprint density at radius 3 is 2.45 bits per heavy atom. The molecule has 0 atom stereocenters. The van der Waals surface area contributed by atoms with Crippen LogP contribution < -0.4 is 4.43 Å². The van der Waals surface area contributed by atoms with Gasteiger partial charge in [-0.15, -0.1) is 5.10 Å². The third kappa shape index (κ3) is 2.75. The maximum atomic E-state index is 5.62. The highest BCUT2D eigenvalue weighted by Gasteiger charge is 2.17. The van der Waals surface area contributed by atoms with Crippen LogP contribution in [0.2, 0.25) is 19.6 Å². The zero-order chi connectivity index (χ0) is 8.48. The van der Waals surface area contributed by atoms with Crippen LogP contribution >= 0.6 is 0 Å². The van der Waals surface area contributed by atoms with Gasteiger partial charge < -0.3 is 4.43 Å². The second-order valence-electron chi connectivity index (χ2n) is 3.60. The predicted molar refractivity (Wildman–Crippen MR) is 47.3 cm³/mol. The summed E-state index contributed by atoms with van der Waals surface area (Å²) in [5, 5.41) is 6.83. The Labute approximate surface area is 67.9 Å². The molecular formula is C7H14N2OSi.